The first-order valence-corrected chi connectivity index (χ1v) is 10.8. The SMILES string of the molecule is COC(=O)c1cc(CSc2nc3ccccc3c(=O)n2CCCOC(C)C)oc1C. The molecule has 3 aromatic rings. The number of esters is 1. The number of fused-ring (bicyclic) bond motifs is 1. The van der Waals surface area contributed by atoms with E-state index in [0.29, 0.717) is 58.5 Å². The molecule has 8 heteroatoms. The lowest BCUT2D eigenvalue weighted by atomic mass is 10.2. The molecule has 2 aromatic heterocycles. The molecule has 0 amide bonds. The highest BCUT2D eigenvalue weighted by Gasteiger charge is 2.17. The van der Waals surface area contributed by atoms with Crippen molar-refractivity contribution in [3.63, 3.8) is 0 Å². The number of carbonyl (C=O) groups excluding carboxylic acids is 1. The molecule has 0 bridgehead atoms. The summed E-state index contributed by atoms with van der Waals surface area (Å²) in [5, 5.41) is 1.20. The van der Waals surface area contributed by atoms with E-state index in [4.69, 9.17) is 18.9 Å². The quantitative estimate of drug-likeness (QED) is 0.218. The molecule has 0 unspecified atom stereocenters. The third-order valence-corrected chi connectivity index (χ3v) is 5.52. The zero-order valence-corrected chi connectivity index (χ0v) is 18.5. The Balaban J connectivity index is 1.85. The van der Waals surface area contributed by atoms with Crippen LogP contribution >= 0.6 is 11.8 Å². The fourth-order valence-electron chi connectivity index (χ4n) is 3.06. The number of ether oxygens (including phenoxy) is 2. The van der Waals surface area contributed by atoms with Crippen molar-refractivity contribution in [3.05, 3.63) is 57.8 Å². The van der Waals surface area contributed by atoms with Crippen LogP contribution in [0.3, 0.4) is 0 Å². The summed E-state index contributed by atoms with van der Waals surface area (Å²) in [6.07, 6.45) is 0.856. The predicted molar refractivity (Wildman–Crippen MR) is 116 cm³/mol. The molecule has 160 valence electrons. The molecule has 0 spiro atoms. The summed E-state index contributed by atoms with van der Waals surface area (Å²) in [5.74, 6) is 1.13. The fraction of sp³-hybridized carbons (Fsp3) is 0.409. The number of methoxy groups -OCH3 is 1. The van der Waals surface area contributed by atoms with Gasteiger partial charge in [-0.05, 0) is 45.4 Å². The minimum atomic E-state index is -0.432. The summed E-state index contributed by atoms with van der Waals surface area (Å²) < 4.78 is 17.8. The maximum absolute atomic E-state index is 13.1. The van der Waals surface area contributed by atoms with E-state index in [1.54, 1.807) is 23.6 Å². The number of rotatable bonds is 9. The molecule has 0 saturated heterocycles. The van der Waals surface area contributed by atoms with Gasteiger partial charge < -0.3 is 13.9 Å². The van der Waals surface area contributed by atoms with Crippen LogP contribution in [-0.4, -0.2) is 35.3 Å². The van der Waals surface area contributed by atoms with Gasteiger partial charge in [0.15, 0.2) is 5.16 Å². The van der Waals surface area contributed by atoms with Gasteiger partial charge in [-0.1, -0.05) is 23.9 Å². The first-order valence-electron chi connectivity index (χ1n) is 9.82. The van der Waals surface area contributed by atoms with Gasteiger partial charge in [0.1, 0.15) is 17.1 Å². The third kappa shape index (κ3) is 5.12. The van der Waals surface area contributed by atoms with Crippen LogP contribution < -0.4 is 5.56 Å². The van der Waals surface area contributed by atoms with Crippen molar-refractivity contribution < 1.29 is 18.7 Å². The Kier molecular flexibility index (Phi) is 7.33. The number of carbonyl (C=O) groups is 1. The average Bonchev–Trinajstić information content (AvgIpc) is 3.11. The Bertz CT molecular complexity index is 1090. The molecule has 2 heterocycles. The minimum Gasteiger partial charge on any atom is -0.465 e. The summed E-state index contributed by atoms with van der Waals surface area (Å²) in [6.45, 7) is 6.77. The maximum Gasteiger partial charge on any atom is 0.341 e. The average molecular weight is 431 g/mol. The van der Waals surface area contributed by atoms with Crippen LogP contribution in [0.15, 0.2) is 44.7 Å². The molecule has 0 aliphatic rings. The maximum atomic E-state index is 13.1. The van der Waals surface area contributed by atoms with Crippen molar-refractivity contribution in [1.82, 2.24) is 9.55 Å². The number of thioether (sulfide) groups is 1. The Hall–Kier alpha value is -2.58. The van der Waals surface area contributed by atoms with Gasteiger partial charge in [0.25, 0.3) is 5.56 Å². The summed E-state index contributed by atoms with van der Waals surface area (Å²) in [7, 11) is 1.34. The first-order chi connectivity index (χ1) is 14.4. The van der Waals surface area contributed by atoms with E-state index in [0.717, 1.165) is 0 Å². The van der Waals surface area contributed by atoms with Gasteiger partial charge in [-0.2, -0.15) is 0 Å². The number of benzene rings is 1. The lowest BCUT2D eigenvalue weighted by Gasteiger charge is -2.13. The molecule has 0 N–H and O–H groups in total. The number of para-hydroxylation sites is 1. The fourth-order valence-corrected chi connectivity index (χ4v) is 3.97. The lowest BCUT2D eigenvalue weighted by Crippen LogP contribution is -2.24. The number of aryl methyl sites for hydroxylation is 1. The molecule has 0 aliphatic carbocycles. The van der Waals surface area contributed by atoms with E-state index in [2.05, 4.69) is 0 Å². The standard InChI is InChI=1S/C22H26N2O5S/c1-14(2)28-11-7-10-24-20(25)17-8-5-6-9-19(17)23-22(24)30-13-16-12-18(15(3)29-16)21(26)27-4/h5-6,8-9,12,14H,7,10-11,13H2,1-4H3. The highest BCUT2D eigenvalue weighted by atomic mass is 32.2. The van der Waals surface area contributed by atoms with Crippen LogP contribution in [0.5, 0.6) is 0 Å². The van der Waals surface area contributed by atoms with E-state index < -0.39 is 5.97 Å². The summed E-state index contributed by atoms with van der Waals surface area (Å²) in [4.78, 5) is 29.6. The largest absolute Gasteiger partial charge is 0.465 e. The van der Waals surface area contributed by atoms with Crippen LogP contribution in [0.1, 0.15) is 42.1 Å². The zero-order valence-electron chi connectivity index (χ0n) is 17.6. The number of nitrogens with zero attached hydrogens (tertiary/aromatic N) is 2. The molecule has 0 aliphatic heterocycles. The molecule has 0 saturated carbocycles. The molecule has 0 atom stereocenters. The monoisotopic (exact) mass is 430 g/mol. The number of hydrogen-bond donors (Lipinski definition) is 0. The molecule has 0 fully saturated rings. The van der Waals surface area contributed by atoms with E-state index in [1.165, 1.54) is 18.9 Å². The molecule has 1 aromatic carbocycles. The van der Waals surface area contributed by atoms with Gasteiger partial charge in [-0.15, -0.1) is 0 Å². The molecule has 0 radical (unpaired) electrons. The molecule has 3 rings (SSSR count). The first kappa shape index (κ1) is 22.1. The second-order valence-electron chi connectivity index (χ2n) is 7.10. The Morgan fingerprint density at radius 2 is 2.07 bits per heavy atom. The topological polar surface area (TPSA) is 83.6 Å². The van der Waals surface area contributed by atoms with Crippen LogP contribution in [0.2, 0.25) is 0 Å². The highest BCUT2D eigenvalue weighted by Crippen LogP contribution is 2.25. The van der Waals surface area contributed by atoms with Gasteiger partial charge in [0.05, 0.1) is 29.9 Å². The molecular formula is C22H26N2O5S. The number of furan rings is 1. The second-order valence-corrected chi connectivity index (χ2v) is 8.05. The van der Waals surface area contributed by atoms with Crippen LogP contribution in [0, 0.1) is 6.92 Å². The van der Waals surface area contributed by atoms with E-state index >= 15 is 0 Å². The predicted octanol–water partition coefficient (Wildman–Crippen LogP) is 4.19. The van der Waals surface area contributed by atoms with E-state index in [-0.39, 0.29) is 11.7 Å². The van der Waals surface area contributed by atoms with Gasteiger partial charge >= 0.3 is 5.97 Å². The van der Waals surface area contributed by atoms with Crippen molar-refractivity contribution in [2.75, 3.05) is 13.7 Å². The molecular weight excluding hydrogens is 404 g/mol. The van der Waals surface area contributed by atoms with Gasteiger partial charge in [-0.3, -0.25) is 9.36 Å². The second kappa shape index (κ2) is 9.95. The Labute approximate surface area is 179 Å². The van der Waals surface area contributed by atoms with Crippen LogP contribution in [0.4, 0.5) is 0 Å². The van der Waals surface area contributed by atoms with Gasteiger partial charge in [0, 0.05) is 13.2 Å². The highest BCUT2D eigenvalue weighted by molar-refractivity contribution is 7.98. The molecule has 30 heavy (non-hydrogen) atoms. The van der Waals surface area contributed by atoms with Crippen molar-refractivity contribution >= 4 is 28.6 Å². The normalized spacial score (nSPS) is 11.4. The van der Waals surface area contributed by atoms with Crippen LogP contribution in [-0.2, 0) is 21.8 Å². The number of aromatic nitrogens is 2. The van der Waals surface area contributed by atoms with Gasteiger partial charge in [-0.25, -0.2) is 9.78 Å². The molecule has 7 nitrogen and oxygen atoms in total. The van der Waals surface area contributed by atoms with Crippen LogP contribution in [0.25, 0.3) is 10.9 Å². The Morgan fingerprint density at radius 3 is 2.80 bits per heavy atom. The Morgan fingerprint density at radius 1 is 1.30 bits per heavy atom. The van der Waals surface area contributed by atoms with E-state index in [9.17, 15) is 9.59 Å². The summed E-state index contributed by atoms with van der Waals surface area (Å²) >= 11 is 1.40. The number of hydrogen-bond acceptors (Lipinski definition) is 7. The van der Waals surface area contributed by atoms with Crippen molar-refractivity contribution in [2.24, 2.45) is 0 Å². The summed E-state index contributed by atoms with van der Waals surface area (Å²) in [5.41, 5.74) is 0.992. The van der Waals surface area contributed by atoms with Gasteiger partial charge in [0.2, 0.25) is 0 Å². The smallest absolute Gasteiger partial charge is 0.341 e. The minimum absolute atomic E-state index is 0.0708. The van der Waals surface area contributed by atoms with E-state index in [1.807, 2.05) is 32.0 Å². The van der Waals surface area contributed by atoms with Crippen molar-refractivity contribution in [1.29, 1.82) is 0 Å². The summed E-state index contributed by atoms with van der Waals surface area (Å²) in [6, 6.07) is 9.00. The third-order valence-electron chi connectivity index (χ3n) is 4.52. The van der Waals surface area contributed by atoms with Crippen molar-refractivity contribution in [3.8, 4) is 0 Å². The zero-order chi connectivity index (χ0) is 21.7. The lowest BCUT2D eigenvalue weighted by molar-refractivity contribution is 0.0598. The van der Waals surface area contributed by atoms with Crippen molar-refractivity contribution in [2.45, 2.75) is 50.8 Å².